The lowest BCUT2D eigenvalue weighted by Crippen LogP contribution is -2.45. The number of hydrogen-bond acceptors (Lipinski definition) is 2. The summed E-state index contributed by atoms with van der Waals surface area (Å²) in [5, 5.41) is 14.2. The second kappa shape index (κ2) is 6.26. The molecule has 0 bridgehead atoms. The van der Waals surface area contributed by atoms with Crippen molar-refractivity contribution in [3.8, 4) is 0 Å². The minimum atomic E-state index is -1.08. The van der Waals surface area contributed by atoms with Crippen LogP contribution in [0.3, 0.4) is 0 Å². The minimum Gasteiger partial charge on any atom is -0.480 e. The van der Waals surface area contributed by atoms with E-state index in [9.17, 15) is 9.59 Å². The van der Waals surface area contributed by atoms with E-state index in [2.05, 4.69) is 10.6 Å². The zero-order valence-electron chi connectivity index (χ0n) is 10.1. The first kappa shape index (κ1) is 14.3. The number of nitrogens with one attached hydrogen (secondary N) is 2. The zero-order valence-corrected chi connectivity index (χ0v) is 10.9. The predicted molar refractivity (Wildman–Crippen MR) is 68.6 cm³/mol. The topological polar surface area (TPSA) is 78.4 Å². The summed E-state index contributed by atoms with van der Waals surface area (Å²) in [6.45, 7) is 3.20. The van der Waals surface area contributed by atoms with Crippen molar-refractivity contribution < 1.29 is 14.7 Å². The Balaban J connectivity index is 2.54. The van der Waals surface area contributed by atoms with E-state index in [1.54, 1.807) is 31.2 Å². The van der Waals surface area contributed by atoms with Gasteiger partial charge in [0, 0.05) is 5.02 Å². The molecule has 0 spiro atoms. The Morgan fingerprint density at radius 1 is 1.17 bits per heavy atom. The van der Waals surface area contributed by atoms with Crippen molar-refractivity contribution in [1.29, 1.82) is 0 Å². The van der Waals surface area contributed by atoms with Crippen LogP contribution in [0.4, 0.5) is 4.79 Å². The standard InChI is InChI=1S/C12H15ClN2O3/c1-7(9-3-5-10(13)6-4-9)14-12(18)15-8(2)11(16)17/h3-8H,1-2H3,(H,16,17)(H2,14,15,18)/t7?,8-/m0/s1. The van der Waals surface area contributed by atoms with E-state index in [0.29, 0.717) is 5.02 Å². The second-order valence-corrected chi connectivity index (χ2v) is 4.39. The van der Waals surface area contributed by atoms with Crippen molar-refractivity contribution in [2.75, 3.05) is 0 Å². The van der Waals surface area contributed by atoms with E-state index in [0.717, 1.165) is 5.56 Å². The molecule has 1 unspecified atom stereocenters. The fourth-order valence-corrected chi connectivity index (χ4v) is 1.46. The second-order valence-electron chi connectivity index (χ2n) is 3.95. The molecule has 1 aromatic rings. The molecule has 1 aromatic carbocycles. The number of benzene rings is 1. The molecule has 0 aliphatic carbocycles. The predicted octanol–water partition coefficient (Wildman–Crippen LogP) is 2.17. The third-order valence-corrected chi connectivity index (χ3v) is 2.69. The average Bonchev–Trinajstić information content (AvgIpc) is 2.29. The van der Waals surface area contributed by atoms with Crippen molar-refractivity contribution in [3.05, 3.63) is 34.9 Å². The first-order valence-electron chi connectivity index (χ1n) is 5.45. The summed E-state index contributed by atoms with van der Waals surface area (Å²) in [7, 11) is 0. The monoisotopic (exact) mass is 270 g/mol. The number of carboxylic acid groups (broad SMARTS) is 1. The van der Waals surface area contributed by atoms with Crippen LogP contribution in [0, 0.1) is 0 Å². The van der Waals surface area contributed by atoms with Crippen molar-refractivity contribution >= 4 is 23.6 Å². The quantitative estimate of drug-likeness (QED) is 0.785. The van der Waals surface area contributed by atoms with Gasteiger partial charge < -0.3 is 15.7 Å². The number of carbonyl (C=O) groups excluding carboxylic acids is 1. The number of aliphatic carboxylic acids is 1. The van der Waals surface area contributed by atoms with Crippen molar-refractivity contribution in [2.45, 2.75) is 25.9 Å². The van der Waals surface area contributed by atoms with Crippen LogP contribution >= 0.6 is 11.6 Å². The Morgan fingerprint density at radius 2 is 1.72 bits per heavy atom. The van der Waals surface area contributed by atoms with E-state index in [-0.39, 0.29) is 6.04 Å². The van der Waals surface area contributed by atoms with Gasteiger partial charge in [-0.2, -0.15) is 0 Å². The van der Waals surface area contributed by atoms with Crippen LogP contribution in [-0.4, -0.2) is 23.1 Å². The van der Waals surface area contributed by atoms with Crippen LogP contribution < -0.4 is 10.6 Å². The maximum atomic E-state index is 11.5. The van der Waals surface area contributed by atoms with Gasteiger partial charge in [0.1, 0.15) is 6.04 Å². The summed E-state index contributed by atoms with van der Waals surface area (Å²) in [5.41, 5.74) is 0.887. The van der Waals surface area contributed by atoms with Gasteiger partial charge in [-0.1, -0.05) is 23.7 Å². The lowest BCUT2D eigenvalue weighted by molar-refractivity contribution is -0.138. The summed E-state index contributed by atoms with van der Waals surface area (Å²) in [5.74, 6) is -1.08. The van der Waals surface area contributed by atoms with Gasteiger partial charge in [-0.25, -0.2) is 4.79 Å². The van der Waals surface area contributed by atoms with Crippen molar-refractivity contribution in [3.63, 3.8) is 0 Å². The first-order valence-corrected chi connectivity index (χ1v) is 5.83. The van der Waals surface area contributed by atoms with Crippen LogP contribution in [0.2, 0.25) is 5.02 Å². The molecule has 1 rings (SSSR count). The molecule has 0 heterocycles. The number of halogens is 1. The molecule has 98 valence electrons. The van der Waals surface area contributed by atoms with Gasteiger partial charge in [0.25, 0.3) is 0 Å². The molecule has 5 nitrogen and oxygen atoms in total. The first-order chi connectivity index (χ1) is 8.40. The number of urea groups is 1. The van der Waals surface area contributed by atoms with E-state index in [4.69, 9.17) is 16.7 Å². The molecule has 0 aromatic heterocycles. The van der Waals surface area contributed by atoms with Crippen LogP contribution in [-0.2, 0) is 4.79 Å². The zero-order chi connectivity index (χ0) is 13.7. The van der Waals surface area contributed by atoms with Gasteiger partial charge in [-0.05, 0) is 31.5 Å². The van der Waals surface area contributed by atoms with Gasteiger partial charge in [0.2, 0.25) is 0 Å². The summed E-state index contributed by atoms with van der Waals surface area (Å²) in [6.07, 6.45) is 0. The Kier molecular flexibility index (Phi) is 4.97. The number of carbonyl (C=O) groups is 2. The van der Waals surface area contributed by atoms with Crippen LogP contribution in [0.25, 0.3) is 0 Å². The normalized spacial score (nSPS) is 13.5. The average molecular weight is 271 g/mol. The summed E-state index contributed by atoms with van der Waals surface area (Å²) in [6, 6.07) is 5.37. The van der Waals surface area contributed by atoms with Crippen molar-refractivity contribution in [2.24, 2.45) is 0 Å². The van der Waals surface area contributed by atoms with E-state index in [1.807, 2.05) is 0 Å². The largest absolute Gasteiger partial charge is 0.480 e. The third-order valence-electron chi connectivity index (χ3n) is 2.44. The Morgan fingerprint density at radius 3 is 2.22 bits per heavy atom. The van der Waals surface area contributed by atoms with Crippen LogP contribution in [0.15, 0.2) is 24.3 Å². The molecular weight excluding hydrogens is 256 g/mol. The highest BCUT2D eigenvalue weighted by molar-refractivity contribution is 6.30. The van der Waals surface area contributed by atoms with Gasteiger partial charge in [-0.15, -0.1) is 0 Å². The Bertz CT molecular complexity index is 433. The molecule has 6 heteroatoms. The highest BCUT2D eigenvalue weighted by Crippen LogP contribution is 2.15. The fourth-order valence-electron chi connectivity index (χ4n) is 1.33. The number of hydrogen-bond donors (Lipinski definition) is 3. The number of rotatable bonds is 4. The van der Waals surface area contributed by atoms with E-state index in [1.165, 1.54) is 6.92 Å². The molecule has 18 heavy (non-hydrogen) atoms. The van der Waals surface area contributed by atoms with Crippen LogP contribution in [0.5, 0.6) is 0 Å². The molecule has 2 amide bonds. The SMILES string of the molecule is CC(NC(=O)N[C@@H](C)C(=O)O)c1ccc(Cl)cc1. The molecular formula is C12H15ClN2O3. The maximum absolute atomic E-state index is 11.5. The minimum absolute atomic E-state index is 0.233. The lowest BCUT2D eigenvalue weighted by atomic mass is 10.1. The molecule has 0 saturated carbocycles. The fraction of sp³-hybridized carbons (Fsp3) is 0.333. The number of amides is 2. The Hall–Kier alpha value is -1.75. The molecule has 0 aliphatic rings. The maximum Gasteiger partial charge on any atom is 0.325 e. The summed E-state index contributed by atoms with van der Waals surface area (Å²) in [4.78, 5) is 22.1. The highest BCUT2D eigenvalue weighted by Gasteiger charge is 2.15. The molecule has 0 aliphatic heterocycles. The van der Waals surface area contributed by atoms with Gasteiger partial charge in [-0.3, -0.25) is 4.79 Å². The van der Waals surface area contributed by atoms with E-state index >= 15 is 0 Å². The number of carboxylic acids is 1. The smallest absolute Gasteiger partial charge is 0.325 e. The summed E-state index contributed by atoms with van der Waals surface area (Å²) < 4.78 is 0. The van der Waals surface area contributed by atoms with Gasteiger partial charge >= 0.3 is 12.0 Å². The molecule has 3 N–H and O–H groups in total. The lowest BCUT2D eigenvalue weighted by Gasteiger charge is -2.16. The van der Waals surface area contributed by atoms with Gasteiger partial charge in [0.05, 0.1) is 6.04 Å². The van der Waals surface area contributed by atoms with Crippen molar-refractivity contribution in [1.82, 2.24) is 10.6 Å². The molecule has 0 fully saturated rings. The molecule has 0 saturated heterocycles. The molecule has 0 radical (unpaired) electrons. The Labute approximate surface area is 110 Å². The summed E-state index contributed by atoms with van der Waals surface area (Å²) >= 11 is 5.76. The van der Waals surface area contributed by atoms with E-state index < -0.39 is 18.0 Å². The van der Waals surface area contributed by atoms with Crippen LogP contribution in [0.1, 0.15) is 25.5 Å². The highest BCUT2D eigenvalue weighted by atomic mass is 35.5. The third kappa shape index (κ3) is 4.25. The molecule has 2 atom stereocenters. The van der Waals surface area contributed by atoms with Gasteiger partial charge in [0.15, 0.2) is 0 Å².